The van der Waals surface area contributed by atoms with Crippen molar-refractivity contribution < 1.29 is 0 Å². The minimum Gasteiger partial charge on any atom is -0.0654 e. The molecule has 0 aromatic carbocycles. The largest absolute Gasteiger partial charge is 0.0654 e. The standard InChI is InChI=1S/C13H26/c1-4-9-13(6-3)10-7-12(5-2)8-11-13/h12H,4-11H2,1-3H3. The summed E-state index contributed by atoms with van der Waals surface area (Å²) in [6.07, 6.45) is 11.7. The molecule has 1 aliphatic carbocycles. The van der Waals surface area contributed by atoms with Crippen LogP contribution in [-0.4, -0.2) is 0 Å². The van der Waals surface area contributed by atoms with E-state index in [1.165, 1.54) is 51.4 Å². The summed E-state index contributed by atoms with van der Waals surface area (Å²) in [5.74, 6) is 1.05. The lowest BCUT2D eigenvalue weighted by Gasteiger charge is -2.39. The molecule has 0 N–H and O–H groups in total. The van der Waals surface area contributed by atoms with Crippen LogP contribution >= 0.6 is 0 Å². The van der Waals surface area contributed by atoms with Crippen LogP contribution in [0.2, 0.25) is 0 Å². The molecule has 0 heteroatoms. The summed E-state index contributed by atoms with van der Waals surface area (Å²) in [5.41, 5.74) is 0.750. The minimum absolute atomic E-state index is 0.750. The number of hydrogen-bond donors (Lipinski definition) is 0. The normalized spacial score (nSPS) is 34.8. The molecule has 0 nitrogen and oxygen atoms in total. The van der Waals surface area contributed by atoms with E-state index in [2.05, 4.69) is 20.8 Å². The number of rotatable bonds is 4. The smallest absolute Gasteiger partial charge is 0.0300 e. The van der Waals surface area contributed by atoms with Crippen molar-refractivity contribution in [3.63, 3.8) is 0 Å². The molecule has 0 heterocycles. The fourth-order valence-corrected chi connectivity index (χ4v) is 3.01. The molecule has 1 saturated carbocycles. The molecule has 1 fully saturated rings. The average Bonchev–Trinajstić information content (AvgIpc) is 2.19. The Morgan fingerprint density at radius 3 is 2.08 bits per heavy atom. The van der Waals surface area contributed by atoms with Crippen molar-refractivity contribution in [2.24, 2.45) is 11.3 Å². The first-order valence-corrected chi connectivity index (χ1v) is 6.26. The molecule has 1 aliphatic rings. The van der Waals surface area contributed by atoms with Crippen LogP contribution in [0.25, 0.3) is 0 Å². The Morgan fingerprint density at radius 1 is 1.08 bits per heavy atom. The van der Waals surface area contributed by atoms with Gasteiger partial charge in [-0.1, -0.05) is 40.0 Å². The van der Waals surface area contributed by atoms with Crippen molar-refractivity contribution in [1.82, 2.24) is 0 Å². The molecule has 0 aromatic heterocycles. The van der Waals surface area contributed by atoms with E-state index < -0.39 is 0 Å². The first-order valence-electron chi connectivity index (χ1n) is 6.26. The van der Waals surface area contributed by atoms with Crippen LogP contribution in [0.15, 0.2) is 0 Å². The van der Waals surface area contributed by atoms with Gasteiger partial charge in [0.1, 0.15) is 0 Å². The molecule has 1 rings (SSSR count). The van der Waals surface area contributed by atoms with Crippen LogP contribution in [0, 0.1) is 11.3 Å². The molecule has 0 saturated heterocycles. The van der Waals surface area contributed by atoms with Gasteiger partial charge in [-0.2, -0.15) is 0 Å². The van der Waals surface area contributed by atoms with Crippen LogP contribution in [-0.2, 0) is 0 Å². The molecule has 0 radical (unpaired) electrons. The van der Waals surface area contributed by atoms with Crippen molar-refractivity contribution in [2.45, 2.75) is 72.1 Å². The van der Waals surface area contributed by atoms with Gasteiger partial charge in [-0.3, -0.25) is 0 Å². The van der Waals surface area contributed by atoms with Gasteiger partial charge in [-0.15, -0.1) is 0 Å². The lowest BCUT2D eigenvalue weighted by molar-refractivity contribution is 0.127. The summed E-state index contributed by atoms with van der Waals surface area (Å²) in [4.78, 5) is 0. The highest BCUT2D eigenvalue weighted by Crippen LogP contribution is 2.45. The van der Waals surface area contributed by atoms with Crippen LogP contribution in [0.4, 0.5) is 0 Å². The molecular formula is C13H26. The van der Waals surface area contributed by atoms with Crippen LogP contribution in [0.1, 0.15) is 72.1 Å². The van der Waals surface area contributed by atoms with Crippen LogP contribution in [0.3, 0.4) is 0 Å². The van der Waals surface area contributed by atoms with Gasteiger partial charge in [0.2, 0.25) is 0 Å². The third kappa shape index (κ3) is 2.72. The van der Waals surface area contributed by atoms with E-state index in [0.717, 1.165) is 11.3 Å². The Kier molecular flexibility index (Phi) is 4.28. The molecule has 0 amide bonds. The lowest BCUT2D eigenvalue weighted by Crippen LogP contribution is -2.26. The molecule has 0 aromatic rings. The molecule has 0 spiro atoms. The predicted molar refractivity (Wildman–Crippen MR) is 59.9 cm³/mol. The Balaban J connectivity index is 2.42. The maximum absolute atomic E-state index is 2.39. The fraction of sp³-hybridized carbons (Fsp3) is 1.00. The molecule has 13 heavy (non-hydrogen) atoms. The summed E-state index contributed by atoms with van der Waals surface area (Å²) in [5, 5.41) is 0. The second kappa shape index (κ2) is 5.02. The third-order valence-corrected chi connectivity index (χ3v) is 4.27. The second-order valence-corrected chi connectivity index (χ2v) is 4.96. The van der Waals surface area contributed by atoms with Gasteiger partial charge in [0, 0.05) is 0 Å². The van der Waals surface area contributed by atoms with Gasteiger partial charge in [-0.05, 0) is 43.4 Å². The summed E-state index contributed by atoms with van der Waals surface area (Å²) in [7, 11) is 0. The molecular weight excluding hydrogens is 156 g/mol. The quantitative estimate of drug-likeness (QED) is 0.587. The van der Waals surface area contributed by atoms with Crippen molar-refractivity contribution in [1.29, 1.82) is 0 Å². The predicted octanol–water partition coefficient (Wildman–Crippen LogP) is 4.78. The molecule has 0 unspecified atom stereocenters. The highest BCUT2D eigenvalue weighted by Gasteiger charge is 2.31. The summed E-state index contributed by atoms with van der Waals surface area (Å²) < 4.78 is 0. The highest BCUT2D eigenvalue weighted by atomic mass is 14.4. The number of hydrogen-bond acceptors (Lipinski definition) is 0. The molecule has 0 aliphatic heterocycles. The summed E-state index contributed by atoms with van der Waals surface area (Å²) in [6.45, 7) is 7.08. The molecule has 78 valence electrons. The first kappa shape index (κ1) is 11.1. The van der Waals surface area contributed by atoms with E-state index in [0.29, 0.717) is 0 Å². The fourth-order valence-electron chi connectivity index (χ4n) is 3.01. The minimum atomic E-state index is 0.750. The van der Waals surface area contributed by atoms with Gasteiger partial charge in [-0.25, -0.2) is 0 Å². The SMILES string of the molecule is CCCC1(CC)CCC(CC)CC1. The van der Waals surface area contributed by atoms with E-state index in [-0.39, 0.29) is 0 Å². The Hall–Kier alpha value is 0. The Morgan fingerprint density at radius 2 is 1.69 bits per heavy atom. The maximum Gasteiger partial charge on any atom is -0.0300 e. The average molecular weight is 182 g/mol. The Bertz CT molecular complexity index is 129. The Labute approximate surface area is 84.1 Å². The van der Waals surface area contributed by atoms with Crippen molar-refractivity contribution in [2.75, 3.05) is 0 Å². The van der Waals surface area contributed by atoms with E-state index in [1.54, 1.807) is 0 Å². The van der Waals surface area contributed by atoms with Gasteiger partial charge in [0.25, 0.3) is 0 Å². The zero-order valence-corrected chi connectivity index (χ0v) is 9.73. The molecule has 0 bridgehead atoms. The first-order chi connectivity index (χ1) is 6.26. The zero-order chi connectivity index (χ0) is 9.73. The van der Waals surface area contributed by atoms with Crippen LogP contribution < -0.4 is 0 Å². The second-order valence-electron chi connectivity index (χ2n) is 4.96. The summed E-state index contributed by atoms with van der Waals surface area (Å²) in [6, 6.07) is 0. The lowest BCUT2D eigenvalue weighted by atomic mass is 9.66. The van der Waals surface area contributed by atoms with Gasteiger partial charge < -0.3 is 0 Å². The van der Waals surface area contributed by atoms with Crippen molar-refractivity contribution in [3.8, 4) is 0 Å². The van der Waals surface area contributed by atoms with E-state index >= 15 is 0 Å². The van der Waals surface area contributed by atoms with E-state index in [9.17, 15) is 0 Å². The molecule has 0 atom stereocenters. The van der Waals surface area contributed by atoms with Crippen molar-refractivity contribution >= 4 is 0 Å². The van der Waals surface area contributed by atoms with Crippen LogP contribution in [0.5, 0.6) is 0 Å². The topological polar surface area (TPSA) is 0 Å². The maximum atomic E-state index is 2.39. The zero-order valence-electron chi connectivity index (χ0n) is 9.73. The van der Waals surface area contributed by atoms with E-state index in [4.69, 9.17) is 0 Å². The van der Waals surface area contributed by atoms with Crippen molar-refractivity contribution in [3.05, 3.63) is 0 Å². The highest BCUT2D eigenvalue weighted by molar-refractivity contribution is 4.83. The monoisotopic (exact) mass is 182 g/mol. The van der Waals surface area contributed by atoms with Gasteiger partial charge in [0.05, 0.1) is 0 Å². The van der Waals surface area contributed by atoms with E-state index in [1.807, 2.05) is 0 Å². The van der Waals surface area contributed by atoms with Gasteiger partial charge >= 0.3 is 0 Å². The summed E-state index contributed by atoms with van der Waals surface area (Å²) >= 11 is 0. The van der Waals surface area contributed by atoms with Gasteiger partial charge in [0.15, 0.2) is 0 Å². The third-order valence-electron chi connectivity index (χ3n) is 4.27.